The van der Waals surface area contributed by atoms with Crippen LogP contribution < -0.4 is 4.90 Å². The van der Waals surface area contributed by atoms with Crippen molar-refractivity contribution in [2.24, 2.45) is 0 Å². The first-order valence-corrected chi connectivity index (χ1v) is 10.5. The Morgan fingerprint density at radius 1 is 0.839 bits per heavy atom. The fourth-order valence-electron chi connectivity index (χ4n) is 3.91. The van der Waals surface area contributed by atoms with Crippen LogP contribution in [-0.2, 0) is 0 Å². The van der Waals surface area contributed by atoms with Crippen molar-refractivity contribution in [2.45, 2.75) is 0 Å². The van der Waals surface area contributed by atoms with E-state index >= 15 is 0 Å². The van der Waals surface area contributed by atoms with Crippen molar-refractivity contribution in [3.8, 4) is 11.3 Å². The Labute approximate surface area is 185 Å². The second kappa shape index (κ2) is 8.32. The number of halogens is 1. The van der Waals surface area contributed by atoms with Gasteiger partial charge in [0.25, 0.3) is 5.91 Å². The normalized spacial score (nSPS) is 14.1. The highest BCUT2D eigenvalue weighted by Gasteiger charge is 2.23. The van der Waals surface area contributed by atoms with Crippen molar-refractivity contribution in [2.75, 3.05) is 31.1 Å². The van der Waals surface area contributed by atoms with E-state index in [4.69, 9.17) is 11.6 Å². The van der Waals surface area contributed by atoms with Gasteiger partial charge in [0.2, 0.25) is 0 Å². The number of anilines is 1. The maximum absolute atomic E-state index is 12.7. The van der Waals surface area contributed by atoms with Crippen LogP contribution >= 0.6 is 11.6 Å². The molecule has 0 bridgehead atoms. The molecule has 0 radical (unpaired) electrons. The molecule has 1 saturated heterocycles. The Hall–Kier alpha value is -3.51. The molecule has 0 saturated carbocycles. The third kappa shape index (κ3) is 3.94. The third-order valence-corrected chi connectivity index (χ3v) is 5.80. The van der Waals surface area contributed by atoms with Gasteiger partial charge in [-0.15, -0.1) is 10.2 Å². The average molecular weight is 430 g/mol. The first kappa shape index (κ1) is 19.5. The van der Waals surface area contributed by atoms with Crippen LogP contribution in [0.1, 0.15) is 10.4 Å². The van der Waals surface area contributed by atoms with Gasteiger partial charge in [-0.2, -0.15) is 0 Å². The lowest BCUT2D eigenvalue weighted by molar-refractivity contribution is 0.0746. The number of fused-ring (bicyclic) bond motifs is 1. The van der Waals surface area contributed by atoms with Gasteiger partial charge in [-0.05, 0) is 35.0 Å². The molecular formula is C24H20ClN5O. The van der Waals surface area contributed by atoms with Gasteiger partial charge in [0, 0.05) is 37.9 Å². The van der Waals surface area contributed by atoms with Crippen molar-refractivity contribution < 1.29 is 4.79 Å². The zero-order valence-corrected chi connectivity index (χ0v) is 17.5. The van der Waals surface area contributed by atoms with Gasteiger partial charge < -0.3 is 9.80 Å². The highest BCUT2D eigenvalue weighted by molar-refractivity contribution is 6.29. The number of carbonyl (C=O) groups is 1. The molecule has 31 heavy (non-hydrogen) atoms. The molecule has 1 amide bonds. The second-order valence-electron chi connectivity index (χ2n) is 7.45. The predicted octanol–water partition coefficient (Wildman–Crippen LogP) is 4.31. The first-order chi connectivity index (χ1) is 15.2. The average Bonchev–Trinajstić information content (AvgIpc) is 2.84. The Morgan fingerprint density at radius 3 is 2.39 bits per heavy atom. The Kier molecular flexibility index (Phi) is 5.22. The number of amides is 1. The molecule has 2 aromatic heterocycles. The van der Waals surface area contributed by atoms with Gasteiger partial charge in [-0.25, -0.2) is 4.98 Å². The fraction of sp³-hybridized carbons (Fsp3) is 0.167. The largest absolute Gasteiger partial charge is 0.352 e. The van der Waals surface area contributed by atoms with Gasteiger partial charge in [-0.3, -0.25) is 4.79 Å². The van der Waals surface area contributed by atoms with E-state index in [9.17, 15) is 4.79 Å². The standard InChI is InChI=1S/C24H20ClN5O/c25-22-10-8-18(16-26-22)24(31)30-14-12-29(13-15-30)23-11-9-21(27-28-23)20-7-3-5-17-4-1-2-6-19(17)20/h1-11,16H,12-15H2. The molecule has 154 valence electrons. The molecule has 1 aliphatic heterocycles. The lowest BCUT2D eigenvalue weighted by atomic mass is 10.0. The number of aromatic nitrogens is 3. The summed E-state index contributed by atoms with van der Waals surface area (Å²) in [5, 5.41) is 11.7. The van der Waals surface area contributed by atoms with Gasteiger partial charge in [0.15, 0.2) is 5.82 Å². The molecule has 3 heterocycles. The number of hydrogen-bond donors (Lipinski definition) is 0. The highest BCUT2D eigenvalue weighted by Crippen LogP contribution is 2.27. The van der Waals surface area contributed by atoms with Crippen LogP contribution in [0.5, 0.6) is 0 Å². The van der Waals surface area contributed by atoms with Gasteiger partial charge in [0.05, 0.1) is 11.3 Å². The topological polar surface area (TPSA) is 62.2 Å². The minimum Gasteiger partial charge on any atom is -0.352 e. The summed E-state index contributed by atoms with van der Waals surface area (Å²) in [6.07, 6.45) is 1.52. The minimum absolute atomic E-state index is 0.0267. The van der Waals surface area contributed by atoms with E-state index in [1.165, 1.54) is 11.6 Å². The lowest BCUT2D eigenvalue weighted by Gasteiger charge is -2.35. The maximum Gasteiger partial charge on any atom is 0.255 e. The van der Waals surface area contributed by atoms with Crippen LogP contribution in [0.2, 0.25) is 5.15 Å². The molecule has 6 nitrogen and oxygen atoms in total. The van der Waals surface area contributed by atoms with E-state index in [1.54, 1.807) is 12.1 Å². The molecule has 5 rings (SSSR count). The van der Waals surface area contributed by atoms with E-state index in [1.807, 2.05) is 35.2 Å². The zero-order chi connectivity index (χ0) is 21.2. The van der Waals surface area contributed by atoms with Crippen LogP contribution in [0, 0.1) is 0 Å². The summed E-state index contributed by atoms with van der Waals surface area (Å²) in [4.78, 5) is 20.6. The Balaban J connectivity index is 1.28. The summed E-state index contributed by atoms with van der Waals surface area (Å²) in [6.45, 7) is 2.65. The molecule has 7 heteroatoms. The van der Waals surface area contributed by atoms with Gasteiger partial charge in [0.1, 0.15) is 5.15 Å². The van der Waals surface area contributed by atoms with Crippen LogP contribution in [-0.4, -0.2) is 52.2 Å². The zero-order valence-electron chi connectivity index (χ0n) is 16.8. The Bertz CT molecular complexity index is 1210. The van der Waals surface area contributed by atoms with Crippen molar-refractivity contribution in [1.29, 1.82) is 0 Å². The third-order valence-electron chi connectivity index (χ3n) is 5.58. The molecule has 0 unspecified atom stereocenters. The van der Waals surface area contributed by atoms with E-state index in [-0.39, 0.29) is 5.91 Å². The van der Waals surface area contributed by atoms with Crippen molar-refractivity contribution in [3.05, 3.63) is 83.6 Å². The number of hydrogen-bond acceptors (Lipinski definition) is 5. The number of pyridine rings is 1. The van der Waals surface area contributed by atoms with E-state index < -0.39 is 0 Å². The molecule has 0 atom stereocenters. The van der Waals surface area contributed by atoms with Crippen molar-refractivity contribution in [1.82, 2.24) is 20.1 Å². The molecule has 1 fully saturated rings. The second-order valence-corrected chi connectivity index (χ2v) is 7.84. The lowest BCUT2D eigenvalue weighted by Crippen LogP contribution is -2.49. The fourth-order valence-corrected chi connectivity index (χ4v) is 4.02. The summed E-state index contributed by atoms with van der Waals surface area (Å²) in [7, 11) is 0. The van der Waals surface area contributed by atoms with Crippen LogP contribution in [0.15, 0.2) is 72.9 Å². The maximum atomic E-state index is 12.7. The number of rotatable bonds is 3. The van der Waals surface area contributed by atoms with Crippen LogP contribution in [0.4, 0.5) is 5.82 Å². The van der Waals surface area contributed by atoms with Crippen LogP contribution in [0.25, 0.3) is 22.0 Å². The summed E-state index contributed by atoms with van der Waals surface area (Å²) in [5.74, 6) is 0.797. The SMILES string of the molecule is O=C(c1ccc(Cl)nc1)N1CCN(c2ccc(-c3cccc4ccccc34)nn2)CC1. The number of nitrogens with zero attached hydrogens (tertiary/aromatic N) is 5. The van der Waals surface area contributed by atoms with Crippen molar-refractivity contribution in [3.63, 3.8) is 0 Å². The quantitative estimate of drug-likeness (QED) is 0.454. The number of piperazine rings is 1. The minimum atomic E-state index is -0.0267. The van der Waals surface area contributed by atoms with Gasteiger partial charge >= 0.3 is 0 Å². The predicted molar refractivity (Wildman–Crippen MR) is 122 cm³/mol. The molecule has 2 aromatic carbocycles. The number of carbonyl (C=O) groups excluding carboxylic acids is 1. The summed E-state index contributed by atoms with van der Waals surface area (Å²) in [6, 6.07) is 21.9. The van der Waals surface area contributed by atoms with E-state index in [0.29, 0.717) is 36.9 Å². The number of benzene rings is 2. The molecule has 0 N–H and O–H groups in total. The molecule has 1 aliphatic rings. The summed E-state index contributed by atoms with van der Waals surface area (Å²) >= 11 is 5.81. The molecule has 0 spiro atoms. The van der Waals surface area contributed by atoms with Crippen molar-refractivity contribution >= 4 is 34.1 Å². The highest BCUT2D eigenvalue weighted by atomic mass is 35.5. The first-order valence-electron chi connectivity index (χ1n) is 10.2. The van der Waals surface area contributed by atoms with Crippen LogP contribution in [0.3, 0.4) is 0 Å². The molecular weight excluding hydrogens is 410 g/mol. The van der Waals surface area contributed by atoms with E-state index in [2.05, 4.69) is 44.3 Å². The van der Waals surface area contributed by atoms with Gasteiger partial charge in [-0.1, -0.05) is 54.1 Å². The molecule has 4 aromatic rings. The summed E-state index contributed by atoms with van der Waals surface area (Å²) < 4.78 is 0. The van der Waals surface area contributed by atoms with E-state index in [0.717, 1.165) is 22.5 Å². The Morgan fingerprint density at radius 2 is 1.65 bits per heavy atom. The molecule has 0 aliphatic carbocycles. The smallest absolute Gasteiger partial charge is 0.255 e. The monoisotopic (exact) mass is 429 g/mol. The summed E-state index contributed by atoms with van der Waals surface area (Å²) in [5.41, 5.74) is 2.48.